The SMILES string of the molecule is CC(CCNC(=O)c1cc(F)cnc1Cl)C(=O)O. The predicted octanol–water partition coefficient (Wildman–Crippen LogP) is 1.71. The van der Waals surface area contributed by atoms with Gasteiger partial charge in [-0.3, -0.25) is 9.59 Å². The van der Waals surface area contributed by atoms with Gasteiger partial charge in [-0.2, -0.15) is 0 Å². The molecule has 1 aromatic rings. The number of aliphatic carboxylic acids is 1. The third kappa shape index (κ3) is 3.96. The Balaban J connectivity index is 2.55. The number of nitrogens with one attached hydrogen (secondary N) is 1. The zero-order valence-electron chi connectivity index (χ0n) is 9.61. The molecule has 0 fully saturated rings. The molecule has 1 atom stereocenters. The molecule has 0 aliphatic carbocycles. The lowest BCUT2D eigenvalue weighted by Crippen LogP contribution is -2.27. The van der Waals surface area contributed by atoms with Crippen molar-refractivity contribution in [1.29, 1.82) is 0 Å². The van der Waals surface area contributed by atoms with Crippen LogP contribution in [0.15, 0.2) is 12.3 Å². The van der Waals surface area contributed by atoms with E-state index in [9.17, 15) is 14.0 Å². The Morgan fingerprint density at radius 1 is 1.61 bits per heavy atom. The van der Waals surface area contributed by atoms with Crippen LogP contribution in [0.2, 0.25) is 5.15 Å². The number of carboxylic acid groups (broad SMARTS) is 1. The molecule has 1 rings (SSSR count). The molecule has 5 nitrogen and oxygen atoms in total. The monoisotopic (exact) mass is 274 g/mol. The summed E-state index contributed by atoms with van der Waals surface area (Å²) in [5.74, 6) is -2.74. The molecule has 0 radical (unpaired) electrons. The van der Waals surface area contributed by atoms with E-state index in [2.05, 4.69) is 10.3 Å². The van der Waals surface area contributed by atoms with Crippen molar-refractivity contribution in [3.63, 3.8) is 0 Å². The van der Waals surface area contributed by atoms with Gasteiger partial charge in [-0.15, -0.1) is 0 Å². The maximum atomic E-state index is 12.9. The number of halogens is 2. The van der Waals surface area contributed by atoms with Gasteiger partial charge in [-0.25, -0.2) is 9.37 Å². The second-order valence-electron chi connectivity index (χ2n) is 3.78. The Hall–Kier alpha value is -1.69. The minimum atomic E-state index is -0.935. The van der Waals surface area contributed by atoms with E-state index >= 15 is 0 Å². The highest BCUT2D eigenvalue weighted by molar-refractivity contribution is 6.32. The molecule has 0 bridgehead atoms. The average molecular weight is 275 g/mol. The van der Waals surface area contributed by atoms with Gasteiger partial charge in [0.15, 0.2) is 0 Å². The van der Waals surface area contributed by atoms with E-state index in [4.69, 9.17) is 16.7 Å². The van der Waals surface area contributed by atoms with E-state index in [1.807, 2.05) is 0 Å². The first-order valence-corrected chi connectivity index (χ1v) is 5.61. The van der Waals surface area contributed by atoms with Crippen LogP contribution in [0.3, 0.4) is 0 Å². The van der Waals surface area contributed by atoms with Crippen molar-refractivity contribution in [3.8, 4) is 0 Å². The van der Waals surface area contributed by atoms with Crippen molar-refractivity contribution >= 4 is 23.5 Å². The molecule has 1 aromatic heterocycles. The summed E-state index contributed by atoms with van der Waals surface area (Å²) < 4.78 is 12.9. The smallest absolute Gasteiger partial charge is 0.306 e. The molecule has 0 spiro atoms. The number of aromatic nitrogens is 1. The fourth-order valence-electron chi connectivity index (χ4n) is 1.20. The van der Waals surface area contributed by atoms with Gasteiger partial charge in [0.2, 0.25) is 0 Å². The molecule has 0 aliphatic rings. The normalized spacial score (nSPS) is 11.9. The lowest BCUT2D eigenvalue weighted by atomic mass is 10.1. The number of carbonyl (C=O) groups excluding carboxylic acids is 1. The number of hydrogen-bond donors (Lipinski definition) is 2. The largest absolute Gasteiger partial charge is 0.481 e. The summed E-state index contributed by atoms with van der Waals surface area (Å²) in [5, 5.41) is 11.0. The quantitative estimate of drug-likeness (QED) is 0.801. The number of hydrogen-bond acceptors (Lipinski definition) is 3. The Morgan fingerprint density at radius 3 is 2.89 bits per heavy atom. The van der Waals surface area contributed by atoms with Crippen LogP contribution in [0.25, 0.3) is 0 Å². The average Bonchev–Trinajstić information content (AvgIpc) is 2.31. The van der Waals surface area contributed by atoms with Crippen LogP contribution in [0.1, 0.15) is 23.7 Å². The first-order chi connectivity index (χ1) is 8.41. The van der Waals surface area contributed by atoms with Gasteiger partial charge in [0.05, 0.1) is 17.7 Å². The highest BCUT2D eigenvalue weighted by Crippen LogP contribution is 2.13. The van der Waals surface area contributed by atoms with Crippen LogP contribution >= 0.6 is 11.6 Å². The molecule has 18 heavy (non-hydrogen) atoms. The topological polar surface area (TPSA) is 79.3 Å². The van der Waals surface area contributed by atoms with Gasteiger partial charge in [0.1, 0.15) is 11.0 Å². The number of pyridine rings is 1. The van der Waals surface area contributed by atoms with Crippen molar-refractivity contribution in [1.82, 2.24) is 10.3 Å². The second kappa shape index (κ2) is 6.30. The van der Waals surface area contributed by atoms with Crippen LogP contribution in [0.4, 0.5) is 4.39 Å². The maximum Gasteiger partial charge on any atom is 0.306 e. The third-order valence-corrected chi connectivity index (χ3v) is 2.64. The zero-order valence-corrected chi connectivity index (χ0v) is 10.4. The summed E-state index contributed by atoms with van der Waals surface area (Å²) in [7, 11) is 0. The number of carboxylic acids is 1. The number of carbonyl (C=O) groups is 2. The first kappa shape index (κ1) is 14.4. The molecule has 1 unspecified atom stereocenters. The van der Waals surface area contributed by atoms with Gasteiger partial charge in [0, 0.05) is 6.54 Å². The molecule has 0 aromatic carbocycles. The Labute approximate surface area is 108 Å². The number of rotatable bonds is 5. The molecular weight excluding hydrogens is 263 g/mol. The van der Waals surface area contributed by atoms with Crippen LogP contribution < -0.4 is 5.32 Å². The number of nitrogens with zero attached hydrogens (tertiary/aromatic N) is 1. The van der Waals surface area contributed by atoms with E-state index in [0.29, 0.717) is 0 Å². The fraction of sp³-hybridized carbons (Fsp3) is 0.364. The van der Waals surface area contributed by atoms with Gasteiger partial charge in [0.25, 0.3) is 5.91 Å². The van der Waals surface area contributed by atoms with Gasteiger partial charge >= 0.3 is 5.97 Å². The molecule has 7 heteroatoms. The summed E-state index contributed by atoms with van der Waals surface area (Å²) in [6, 6.07) is 0.977. The Morgan fingerprint density at radius 2 is 2.28 bits per heavy atom. The van der Waals surface area contributed by atoms with Crippen molar-refractivity contribution in [2.24, 2.45) is 5.92 Å². The summed E-state index contributed by atoms with van der Waals surface area (Å²) >= 11 is 5.65. The Kier molecular flexibility index (Phi) is 5.03. The zero-order chi connectivity index (χ0) is 13.7. The lowest BCUT2D eigenvalue weighted by molar-refractivity contribution is -0.141. The van der Waals surface area contributed by atoms with Crippen molar-refractivity contribution < 1.29 is 19.1 Å². The summed E-state index contributed by atoms with van der Waals surface area (Å²) in [4.78, 5) is 25.7. The highest BCUT2D eigenvalue weighted by atomic mass is 35.5. The molecule has 98 valence electrons. The summed E-state index contributed by atoms with van der Waals surface area (Å²) in [6.07, 6.45) is 1.19. The lowest BCUT2D eigenvalue weighted by Gasteiger charge is -2.08. The highest BCUT2D eigenvalue weighted by Gasteiger charge is 2.14. The van der Waals surface area contributed by atoms with Crippen LogP contribution in [-0.2, 0) is 4.79 Å². The second-order valence-corrected chi connectivity index (χ2v) is 4.13. The van der Waals surface area contributed by atoms with E-state index in [1.165, 1.54) is 6.92 Å². The molecule has 1 amide bonds. The molecule has 1 heterocycles. The minimum Gasteiger partial charge on any atom is -0.481 e. The van der Waals surface area contributed by atoms with Crippen LogP contribution in [-0.4, -0.2) is 28.5 Å². The Bertz CT molecular complexity index is 468. The van der Waals surface area contributed by atoms with Crippen molar-refractivity contribution in [3.05, 3.63) is 28.8 Å². The fourth-order valence-corrected chi connectivity index (χ4v) is 1.39. The standard InChI is InChI=1S/C11H12ClFN2O3/c1-6(11(17)18)2-3-14-10(16)8-4-7(13)5-15-9(8)12/h4-6H,2-3H2,1H3,(H,14,16)(H,17,18). The van der Waals surface area contributed by atoms with Gasteiger partial charge in [-0.05, 0) is 12.5 Å². The minimum absolute atomic E-state index is 0.0698. The van der Waals surface area contributed by atoms with E-state index in [0.717, 1.165) is 12.3 Å². The third-order valence-electron chi connectivity index (χ3n) is 2.33. The van der Waals surface area contributed by atoms with Crippen molar-refractivity contribution in [2.45, 2.75) is 13.3 Å². The molecule has 0 aliphatic heterocycles. The first-order valence-electron chi connectivity index (χ1n) is 5.24. The molecule has 0 saturated heterocycles. The van der Waals surface area contributed by atoms with Gasteiger partial charge in [-0.1, -0.05) is 18.5 Å². The predicted molar refractivity (Wildman–Crippen MR) is 63.0 cm³/mol. The van der Waals surface area contributed by atoms with Crippen LogP contribution in [0.5, 0.6) is 0 Å². The summed E-state index contributed by atoms with van der Waals surface area (Å²) in [5.41, 5.74) is -0.0698. The van der Waals surface area contributed by atoms with E-state index < -0.39 is 23.6 Å². The maximum absolute atomic E-state index is 12.9. The molecule has 2 N–H and O–H groups in total. The molecule has 0 saturated carbocycles. The van der Waals surface area contributed by atoms with E-state index in [1.54, 1.807) is 0 Å². The van der Waals surface area contributed by atoms with Crippen molar-refractivity contribution in [2.75, 3.05) is 6.54 Å². The van der Waals surface area contributed by atoms with Gasteiger partial charge < -0.3 is 10.4 Å². The number of amides is 1. The van der Waals surface area contributed by atoms with Crippen LogP contribution in [0, 0.1) is 11.7 Å². The molecular formula is C11H12ClFN2O3. The summed E-state index contributed by atoms with van der Waals surface area (Å²) in [6.45, 7) is 1.70. The van der Waals surface area contributed by atoms with E-state index in [-0.39, 0.29) is 23.7 Å².